The van der Waals surface area contributed by atoms with Crippen molar-refractivity contribution in [1.82, 2.24) is 9.80 Å². The summed E-state index contributed by atoms with van der Waals surface area (Å²) in [7, 11) is 1.77. The number of anilines is 1. The van der Waals surface area contributed by atoms with Crippen LogP contribution in [-0.4, -0.2) is 84.2 Å². The molecule has 1 heterocycles. The topological polar surface area (TPSA) is 101 Å². The van der Waals surface area contributed by atoms with Crippen LogP contribution in [0.5, 0.6) is 0 Å². The highest BCUT2D eigenvalue weighted by Crippen LogP contribution is 2.31. The maximum Gasteiger partial charge on any atom is 0.416 e. The highest BCUT2D eigenvalue weighted by molar-refractivity contribution is 5.89. The largest absolute Gasteiger partial charge is 0.478 e. The van der Waals surface area contributed by atoms with E-state index in [0.29, 0.717) is 37.5 Å². The number of nitrogens with zero attached hydrogens (tertiary/aromatic N) is 3. The van der Waals surface area contributed by atoms with Crippen molar-refractivity contribution < 1.29 is 37.8 Å². The van der Waals surface area contributed by atoms with Gasteiger partial charge in [0.1, 0.15) is 0 Å². The molecule has 0 aliphatic carbocycles. The van der Waals surface area contributed by atoms with E-state index in [0.717, 1.165) is 25.7 Å². The number of carbonyl (C=O) groups is 3. The van der Waals surface area contributed by atoms with Crippen molar-refractivity contribution in [2.24, 2.45) is 0 Å². The first-order valence-electron chi connectivity index (χ1n) is 9.40. The number of rotatable bonds is 6. The van der Waals surface area contributed by atoms with Crippen LogP contribution >= 0.6 is 0 Å². The Morgan fingerprint density at radius 1 is 1.06 bits per heavy atom. The number of amides is 1. The highest BCUT2D eigenvalue weighted by atomic mass is 19.4. The number of hydrogen-bond donors (Lipinski definition) is 2. The van der Waals surface area contributed by atoms with Crippen LogP contribution in [-0.2, 0) is 20.6 Å². The number of likely N-dealkylation sites (N-methyl/N-ethyl adjacent to an activating group) is 1. The Kier molecular flexibility index (Phi) is 10.00. The Bertz CT molecular complexity index is 775. The lowest BCUT2D eigenvalue weighted by atomic mass is 10.1. The molecule has 172 valence electrons. The van der Waals surface area contributed by atoms with E-state index in [9.17, 15) is 27.6 Å². The number of carboxylic acid groups (broad SMARTS) is 2. The van der Waals surface area contributed by atoms with Crippen LogP contribution in [0.25, 0.3) is 0 Å². The van der Waals surface area contributed by atoms with E-state index in [1.165, 1.54) is 19.1 Å². The van der Waals surface area contributed by atoms with Gasteiger partial charge < -0.3 is 20.0 Å². The molecule has 1 amide bonds. The van der Waals surface area contributed by atoms with Crippen molar-refractivity contribution in [2.75, 3.05) is 51.2 Å². The maximum absolute atomic E-state index is 12.8. The smallest absolute Gasteiger partial charge is 0.416 e. The monoisotopic (exact) mass is 445 g/mol. The first kappa shape index (κ1) is 26.0. The summed E-state index contributed by atoms with van der Waals surface area (Å²) in [5.74, 6) is -2.48. The number of halogens is 3. The third-order valence-electron chi connectivity index (χ3n) is 4.57. The predicted octanol–water partition coefficient (Wildman–Crippen LogP) is 2.02. The second-order valence-corrected chi connectivity index (χ2v) is 6.83. The molecule has 0 unspecified atom stereocenters. The molecule has 1 aromatic rings. The third-order valence-corrected chi connectivity index (χ3v) is 4.57. The first-order valence-corrected chi connectivity index (χ1v) is 9.40. The molecule has 1 fully saturated rings. The number of benzene rings is 1. The van der Waals surface area contributed by atoms with Gasteiger partial charge in [-0.2, -0.15) is 13.2 Å². The Hall–Kier alpha value is -3.08. The van der Waals surface area contributed by atoms with Crippen LogP contribution in [0.15, 0.2) is 36.4 Å². The van der Waals surface area contributed by atoms with Crippen molar-refractivity contribution in [3.63, 3.8) is 0 Å². The van der Waals surface area contributed by atoms with E-state index in [-0.39, 0.29) is 5.91 Å². The second kappa shape index (κ2) is 11.9. The predicted molar refractivity (Wildman–Crippen MR) is 108 cm³/mol. The van der Waals surface area contributed by atoms with Crippen LogP contribution in [0.3, 0.4) is 0 Å². The Balaban J connectivity index is 0.000000512. The van der Waals surface area contributed by atoms with Crippen LogP contribution in [0, 0.1) is 0 Å². The van der Waals surface area contributed by atoms with Gasteiger partial charge in [-0.25, -0.2) is 9.59 Å². The highest BCUT2D eigenvalue weighted by Gasteiger charge is 2.31. The van der Waals surface area contributed by atoms with Gasteiger partial charge in [0.15, 0.2) is 0 Å². The van der Waals surface area contributed by atoms with E-state index in [2.05, 4.69) is 4.90 Å². The molecule has 0 aromatic heterocycles. The molecule has 1 aliphatic heterocycles. The molecular weight excluding hydrogens is 419 g/mol. The number of piperazine rings is 1. The van der Waals surface area contributed by atoms with Crippen LogP contribution in [0.1, 0.15) is 12.5 Å². The lowest BCUT2D eigenvalue weighted by Crippen LogP contribution is -2.48. The molecule has 31 heavy (non-hydrogen) atoms. The van der Waals surface area contributed by atoms with Crippen molar-refractivity contribution in [3.8, 4) is 0 Å². The van der Waals surface area contributed by atoms with E-state index in [1.54, 1.807) is 18.0 Å². The van der Waals surface area contributed by atoms with Crippen molar-refractivity contribution >= 4 is 23.5 Å². The quantitative estimate of drug-likeness (QED) is 0.646. The Morgan fingerprint density at radius 3 is 2.06 bits per heavy atom. The summed E-state index contributed by atoms with van der Waals surface area (Å²) < 4.78 is 38.3. The second-order valence-electron chi connectivity index (χ2n) is 6.83. The van der Waals surface area contributed by atoms with E-state index < -0.39 is 23.7 Å². The zero-order valence-electron chi connectivity index (χ0n) is 17.3. The van der Waals surface area contributed by atoms with Crippen LogP contribution in [0.2, 0.25) is 0 Å². The summed E-state index contributed by atoms with van der Waals surface area (Å²) in [5.41, 5.74) is 0.000779. The summed E-state index contributed by atoms with van der Waals surface area (Å²) >= 11 is 0. The molecule has 0 bridgehead atoms. The minimum absolute atomic E-state index is 0.0348. The van der Waals surface area contributed by atoms with Crippen molar-refractivity contribution in [1.29, 1.82) is 0 Å². The van der Waals surface area contributed by atoms with Gasteiger partial charge in [0, 0.05) is 71.1 Å². The van der Waals surface area contributed by atoms with Gasteiger partial charge in [-0.15, -0.1) is 0 Å². The summed E-state index contributed by atoms with van der Waals surface area (Å²) in [5, 5.41) is 15.6. The van der Waals surface area contributed by atoms with E-state index in [1.807, 2.05) is 4.90 Å². The number of alkyl halides is 3. The summed E-state index contributed by atoms with van der Waals surface area (Å²) in [6, 6.07) is 5.47. The van der Waals surface area contributed by atoms with Gasteiger partial charge in [-0.1, -0.05) is 6.07 Å². The molecule has 1 saturated heterocycles. The molecule has 0 atom stereocenters. The average Bonchev–Trinajstić information content (AvgIpc) is 2.70. The van der Waals surface area contributed by atoms with Crippen LogP contribution in [0.4, 0.5) is 18.9 Å². The lowest BCUT2D eigenvalue weighted by Gasteiger charge is -2.36. The van der Waals surface area contributed by atoms with E-state index >= 15 is 0 Å². The normalized spacial score (nSPS) is 14.7. The summed E-state index contributed by atoms with van der Waals surface area (Å²) in [6.07, 6.45) is -3.19. The first-order chi connectivity index (χ1) is 14.4. The maximum atomic E-state index is 12.8. The molecule has 0 spiro atoms. The van der Waals surface area contributed by atoms with Gasteiger partial charge in [-0.3, -0.25) is 9.69 Å². The SMILES string of the molecule is CC(=O)N(C)CCN1CCN(c2cccc(C(F)(F)F)c2)CC1.O=C(O)/C=C\C(=O)O. The van der Waals surface area contributed by atoms with Gasteiger partial charge >= 0.3 is 18.1 Å². The Morgan fingerprint density at radius 2 is 1.61 bits per heavy atom. The van der Waals surface area contributed by atoms with E-state index in [4.69, 9.17) is 10.2 Å². The van der Waals surface area contributed by atoms with Gasteiger partial charge in [-0.05, 0) is 18.2 Å². The molecule has 1 aromatic carbocycles. The lowest BCUT2D eigenvalue weighted by molar-refractivity contribution is -0.137. The van der Waals surface area contributed by atoms with Crippen molar-refractivity contribution in [3.05, 3.63) is 42.0 Å². The minimum atomic E-state index is -4.31. The number of carbonyl (C=O) groups excluding carboxylic acids is 1. The molecule has 11 heteroatoms. The molecule has 1 aliphatic rings. The molecule has 0 radical (unpaired) electrons. The number of hydrogen-bond acceptors (Lipinski definition) is 5. The van der Waals surface area contributed by atoms with Crippen molar-refractivity contribution in [2.45, 2.75) is 13.1 Å². The third kappa shape index (κ3) is 9.98. The molecular formula is C20H26F3N3O5. The fourth-order valence-electron chi connectivity index (χ4n) is 2.70. The summed E-state index contributed by atoms with van der Waals surface area (Å²) in [4.78, 5) is 36.1. The van der Waals surface area contributed by atoms with Crippen LogP contribution < -0.4 is 4.90 Å². The number of carboxylic acids is 2. The molecule has 2 rings (SSSR count). The summed E-state index contributed by atoms with van der Waals surface area (Å²) in [6.45, 7) is 5.91. The molecule has 0 saturated carbocycles. The van der Waals surface area contributed by atoms with Gasteiger partial charge in [0.05, 0.1) is 5.56 Å². The molecule has 2 N–H and O–H groups in total. The Labute approximate surface area is 178 Å². The molecule has 8 nitrogen and oxygen atoms in total. The number of aliphatic carboxylic acids is 2. The standard InChI is InChI=1S/C16H22F3N3O.C4H4O4/c1-13(23)20(2)6-7-21-8-10-22(11-9-21)15-5-3-4-14(12-15)16(17,18)19;5-3(6)1-2-4(7)8/h3-5,12H,6-11H2,1-2H3;1-2H,(H,5,6)(H,7,8)/b;2-1-. The van der Waals surface area contributed by atoms with Gasteiger partial charge in [0.2, 0.25) is 5.91 Å². The average molecular weight is 445 g/mol. The fraction of sp³-hybridized carbons (Fsp3) is 0.450. The van der Waals surface area contributed by atoms with Gasteiger partial charge in [0.25, 0.3) is 0 Å². The minimum Gasteiger partial charge on any atom is -0.478 e. The zero-order valence-corrected chi connectivity index (χ0v) is 17.3. The zero-order chi connectivity index (χ0) is 23.6. The fourth-order valence-corrected chi connectivity index (χ4v) is 2.70.